The predicted molar refractivity (Wildman–Crippen MR) is 77.5 cm³/mol. The zero-order chi connectivity index (χ0) is 16.8. The predicted octanol–water partition coefficient (Wildman–Crippen LogP) is 1.42. The van der Waals surface area contributed by atoms with Crippen molar-refractivity contribution in [3.8, 4) is 0 Å². The maximum Gasteiger partial charge on any atom is 0.320 e. The topological polar surface area (TPSA) is 93.1 Å². The number of aliphatic hydroxyl groups excluding tert-OH is 1. The summed E-state index contributed by atoms with van der Waals surface area (Å²) in [4.78, 5) is 24.1. The number of esters is 2. The van der Waals surface area contributed by atoms with Gasteiger partial charge in [-0.15, -0.1) is 0 Å². The molecule has 4 unspecified atom stereocenters. The molecule has 0 amide bonds. The fraction of sp³-hybridized carbons (Fsp3) is 0.867. The Hall–Kier alpha value is -1.14. The third-order valence-electron chi connectivity index (χ3n) is 3.42. The van der Waals surface area contributed by atoms with Gasteiger partial charge in [0.15, 0.2) is 5.92 Å². The minimum absolute atomic E-state index is 0.294. The van der Waals surface area contributed by atoms with E-state index < -0.39 is 41.8 Å². The monoisotopic (exact) mass is 304 g/mol. The first-order valence-corrected chi connectivity index (χ1v) is 7.32. The van der Waals surface area contributed by atoms with Crippen molar-refractivity contribution in [3.63, 3.8) is 0 Å². The summed E-state index contributed by atoms with van der Waals surface area (Å²) >= 11 is 0. The second kappa shape index (κ2) is 8.34. The van der Waals surface area contributed by atoms with Gasteiger partial charge in [-0.2, -0.15) is 0 Å². The Kier molecular flexibility index (Phi) is 7.89. The van der Waals surface area contributed by atoms with Crippen LogP contribution in [0.5, 0.6) is 0 Å². The summed E-state index contributed by atoms with van der Waals surface area (Å²) in [6.45, 7) is 9.49. The Morgan fingerprint density at radius 1 is 1.10 bits per heavy atom. The molecule has 0 aliphatic rings. The molecule has 0 spiro atoms. The first-order valence-electron chi connectivity index (χ1n) is 7.32. The SMILES string of the molecule is CCCC(C(=O)OC(C)C(C)O)C(=O)OC(C)C(C)(C)O. The highest BCUT2D eigenvalue weighted by Gasteiger charge is 2.34. The number of aliphatic hydroxyl groups is 2. The van der Waals surface area contributed by atoms with Crippen LogP contribution in [0, 0.1) is 5.92 Å². The zero-order valence-electron chi connectivity index (χ0n) is 13.8. The molecular weight excluding hydrogens is 276 g/mol. The molecule has 124 valence electrons. The van der Waals surface area contributed by atoms with Crippen molar-refractivity contribution in [1.29, 1.82) is 0 Å². The van der Waals surface area contributed by atoms with Gasteiger partial charge in [0.05, 0.1) is 11.7 Å². The molecule has 6 heteroatoms. The lowest BCUT2D eigenvalue weighted by atomic mass is 10.0. The van der Waals surface area contributed by atoms with Gasteiger partial charge in [-0.3, -0.25) is 9.59 Å². The number of carbonyl (C=O) groups is 2. The maximum atomic E-state index is 12.1. The van der Waals surface area contributed by atoms with Crippen molar-refractivity contribution in [2.24, 2.45) is 5.92 Å². The molecule has 0 aromatic heterocycles. The minimum atomic E-state index is -1.19. The van der Waals surface area contributed by atoms with Crippen LogP contribution in [-0.4, -0.2) is 46.1 Å². The Balaban J connectivity index is 4.81. The first-order chi connectivity index (χ1) is 9.50. The fourth-order valence-electron chi connectivity index (χ4n) is 1.38. The third kappa shape index (κ3) is 6.91. The van der Waals surface area contributed by atoms with E-state index in [1.165, 1.54) is 20.8 Å². The summed E-state index contributed by atoms with van der Waals surface area (Å²) < 4.78 is 10.2. The first kappa shape index (κ1) is 19.9. The van der Waals surface area contributed by atoms with Gasteiger partial charge in [0.2, 0.25) is 0 Å². The number of rotatable bonds is 8. The maximum absolute atomic E-state index is 12.1. The van der Waals surface area contributed by atoms with Crippen LogP contribution in [0.4, 0.5) is 0 Å². The lowest BCUT2D eigenvalue weighted by molar-refractivity contribution is -0.176. The molecule has 2 N–H and O–H groups in total. The highest BCUT2D eigenvalue weighted by molar-refractivity contribution is 5.95. The molecule has 0 fully saturated rings. The average molecular weight is 304 g/mol. The summed E-state index contributed by atoms with van der Waals surface area (Å²) in [5.74, 6) is -2.46. The largest absolute Gasteiger partial charge is 0.459 e. The van der Waals surface area contributed by atoms with E-state index in [-0.39, 0.29) is 0 Å². The Labute approximate surface area is 126 Å². The van der Waals surface area contributed by atoms with Crippen molar-refractivity contribution >= 4 is 11.9 Å². The van der Waals surface area contributed by atoms with Crippen LogP contribution in [0.1, 0.15) is 54.4 Å². The third-order valence-corrected chi connectivity index (χ3v) is 3.42. The second-order valence-electron chi connectivity index (χ2n) is 5.96. The standard InChI is InChI=1S/C15H28O6/c1-7-8-12(13(17)20-10(3)9(2)16)14(18)21-11(4)15(5,6)19/h9-12,16,19H,7-8H2,1-6H3. The van der Waals surface area contributed by atoms with Crippen LogP contribution in [0.2, 0.25) is 0 Å². The average Bonchev–Trinajstić information content (AvgIpc) is 2.33. The van der Waals surface area contributed by atoms with E-state index in [0.29, 0.717) is 12.8 Å². The minimum Gasteiger partial charge on any atom is -0.459 e. The highest BCUT2D eigenvalue weighted by atomic mass is 16.6. The molecule has 0 bridgehead atoms. The van der Waals surface area contributed by atoms with Gasteiger partial charge in [0, 0.05) is 0 Å². The normalized spacial score (nSPS) is 17.5. The molecular formula is C15H28O6. The molecule has 6 nitrogen and oxygen atoms in total. The number of carbonyl (C=O) groups excluding carboxylic acids is 2. The summed E-state index contributed by atoms with van der Waals surface area (Å²) in [6, 6.07) is 0. The van der Waals surface area contributed by atoms with E-state index in [0.717, 1.165) is 0 Å². The van der Waals surface area contributed by atoms with E-state index >= 15 is 0 Å². The van der Waals surface area contributed by atoms with Crippen molar-refractivity contribution in [3.05, 3.63) is 0 Å². The molecule has 21 heavy (non-hydrogen) atoms. The second-order valence-corrected chi connectivity index (χ2v) is 5.96. The van der Waals surface area contributed by atoms with Crippen LogP contribution >= 0.6 is 0 Å². The van der Waals surface area contributed by atoms with Crippen LogP contribution < -0.4 is 0 Å². The number of hydrogen-bond acceptors (Lipinski definition) is 6. The smallest absolute Gasteiger partial charge is 0.320 e. The van der Waals surface area contributed by atoms with Gasteiger partial charge < -0.3 is 19.7 Å². The van der Waals surface area contributed by atoms with Gasteiger partial charge in [-0.1, -0.05) is 13.3 Å². The molecule has 0 rings (SSSR count). The van der Waals surface area contributed by atoms with E-state index in [2.05, 4.69) is 0 Å². The fourth-order valence-corrected chi connectivity index (χ4v) is 1.38. The van der Waals surface area contributed by atoms with Gasteiger partial charge in [0.25, 0.3) is 0 Å². The highest BCUT2D eigenvalue weighted by Crippen LogP contribution is 2.18. The van der Waals surface area contributed by atoms with Crippen LogP contribution in [0.25, 0.3) is 0 Å². The van der Waals surface area contributed by atoms with Gasteiger partial charge in [0.1, 0.15) is 12.2 Å². The van der Waals surface area contributed by atoms with E-state index in [1.54, 1.807) is 13.8 Å². The molecule has 0 aromatic carbocycles. The van der Waals surface area contributed by atoms with E-state index in [4.69, 9.17) is 9.47 Å². The lowest BCUT2D eigenvalue weighted by Crippen LogP contribution is -2.41. The Morgan fingerprint density at radius 2 is 1.57 bits per heavy atom. The van der Waals surface area contributed by atoms with E-state index in [9.17, 15) is 19.8 Å². The number of hydrogen-bond donors (Lipinski definition) is 2. The summed E-state index contributed by atoms with van der Waals surface area (Å²) in [6.07, 6.45) is -1.36. The molecule has 0 heterocycles. The molecule has 4 atom stereocenters. The molecule has 0 aliphatic carbocycles. The molecule has 0 aromatic rings. The molecule has 0 radical (unpaired) electrons. The summed E-state index contributed by atoms with van der Waals surface area (Å²) in [7, 11) is 0. The van der Waals surface area contributed by atoms with Crippen molar-refractivity contribution in [1.82, 2.24) is 0 Å². The Bertz CT molecular complexity index is 345. The zero-order valence-corrected chi connectivity index (χ0v) is 13.8. The van der Waals surface area contributed by atoms with Crippen molar-refractivity contribution < 1.29 is 29.3 Å². The number of ether oxygens (including phenoxy) is 2. The summed E-state index contributed by atoms with van der Waals surface area (Å²) in [5, 5.41) is 19.1. The molecule has 0 aliphatic heterocycles. The van der Waals surface area contributed by atoms with Gasteiger partial charge in [-0.25, -0.2) is 0 Å². The molecule has 0 saturated heterocycles. The lowest BCUT2D eigenvalue weighted by Gasteiger charge is -2.27. The summed E-state index contributed by atoms with van der Waals surface area (Å²) in [5.41, 5.74) is -1.19. The van der Waals surface area contributed by atoms with Crippen LogP contribution in [0.3, 0.4) is 0 Å². The van der Waals surface area contributed by atoms with Gasteiger partial charge in [-0.05, 0) is 41.0 Å². The van der Waals surface area contributed by atoms with Crippen LogP contribution in [-0.2, 0) is 19.1 Å². The quantitative estimate of drug-likeness (QED) is 0.520. The van der Waals surface area contributed by atoms with Crippen molar-refractivity contribution in [2.75, 3.05) is 0 Å². The van der Waals surface area contributed by atoms with Gasteiger partial charge >= 0.3 is 11.9 Å². The Morgan fingerprint density at radius 3 is 1.95 bits per heavy atom. The van der Waals surface area contributed by atoms with E-state index in [1.807, 2.05) is 6.92 Å². The van der Waals surface area contributed by atoms with Crippen molar-refractivity contribution in [2.45, 2.75) is 78.3 Å². The van der Waals surface area contributed by atoms with Crippen LogP contribution in [0.15, 0.2) is 0 Å². The molecule has 0 saturated carbocycles.